The molecule has 4 heteroatoms. The van der Waals surface area contributed by atoms with E-state index in [9.17, 15) is 9.18 Å². The van der Waals surface area contributed by atoms with E-state index >= 15 is 0 Å². The number of aryl methyl sites for hydroxylation is 2. The number of halogens is 2. The molecule has 18 heavy (non-hydrogen) atoms. The molecule has 0 bridgehead atoms. The van der Waals surface area contributed by atoms with Gasteiger partial charge in [-0.15, -0.1) is 11.3 Å². The molecular weight excluding hydrogens is 315 g/mol. The van der Waals surface area contributed by atoms with Crippen molar-refractivity contribution in [3.05, 3.63) is 55.4 Å². The lowest BCUT2D eigenvalue weighted by atomic mass is 10.1. The summed E-state index contributed by atoms with van der Waals surface area (Å²) in [5, 5.41) is 0. The smallest absolute Gasteiger partial charge is 0.177 e. The molecule has 1 heterocycles. The Balaban J connectivity index is 2.21. The van der Waals surface area contributed by atoms with Crippen LogP contribution in [0.1, 0.15) is 25.7 Å². The molecule has 0 saturated heterocycles. The molecule has 0 amide bonds. The molecule has 0 unspecified atom stereocenters. The maximum absolute atomic E-state index is 13.6. The minimum Gasteiger partial charge on any atom is -0.293 e. The Morgan fingerprint density at radius 2 is 2.06 bits per heavy atom. The summed E-state index contributed by atoms with van der Waals surface area (Å²) in [6.45, 7) is 3.96. The fraction of sp³-hybridized carbons (Fsp3) is 0.214. The number of benzene rings is 1. The Morgan fingerprint density at radius 3 is 2.61 bits per heavy atom. The van der Waals surface area contributed by atoms with Crippen molar-refractivity contribution in [3.63, 3.8) is 0 Å². The number of carbonyl (C=O) groups excluding carboxylic acids is 1. The summed E-state index contributed by atoms with van der Waals surface area (Å²) in [5.41, 5.74) is 1.55. The van der Waals surface area contributed by atoms with Gasteiger partial charge in [-0.2, -0.15) is 0 Å². The van der Waals surface area contributed by atoms with Crippen LogP contribution in [-0.4, -0.2) is 5.78 Å². The van der Waals surface area contributed by atoms with Gasteiger partial charge < -0.3 is 0 Å². The molecule has 0 fully saturated rings. The van der Waals surface area contributed by atoms with Crippen molar-refractivity contribution in [2.24, 2.45) is 0 Å². The molecule has 0 saturated carbocycles. The van der Waals surface area contributed by atoms with Crippen LogP contribution < -0.4 is 0 Å². The van der Waals surface area contributed by atoms with Gasteiger partial charge in [-0.3, -0.25) is 4.79 Å². The van der Waals surface area contributed by atoms with E-state index in [0.717, 1.165) is 10.4 Å². The zero-order valence-electron chi connectivity index (χ0n) is 10.1. The van der Waals surface area contributed by atoms with E-state index in [1.807, 2.05) is 19.9 Å². The Kier molecular flexibility index (Phi) is 3.97. The predicted molar refractivity (Wildman–Crippen MR) is 75.9 cm³/mol. The fourth-order valence-electron chi connectivity index (χ4n) is 1.64. The lowest BCUT2D eigenvalue weighted by molar-refractivity contribution is 0.0995. The van der Waals surface area contributed by atoms with Gasteiger partial charge in [0.25, 0.3) is 0 Å². The molecule has 2 aromatic rings. The summed E-state index contributed by atoms with van der Waals surface area (Å²) in [6.07, 6.45) is 0.110. The van der Waals surface area contributed by atoms with Crippen LogP contribution in [0.3, 0.4) is 0 Å². The third-order valence-corrected chi connectivity index (χ3v) is 4.49. The van der Waals surface area contributed by atoms with Crippen LogP contribution in [0, 0.1) is 19.7 Å². The number of thiophene rings is 1. The molecule has 0 spiro atoms. The minimum absolute atomic E-state index is 0.0302. The van der Waals surface area contributed by atoms with Gasteiger partial charge in [0, 0.05) is 15.8 Å². The van der Waals surface area contributed by atoms with Gasteiger partial charge in [-0.1, -0.05) is 22.0 Å². The van der Waals surface area contributed by atoms with Gasteiger partial charge in [-0.05, 0) is 43.2 Å². The summed E-state index contributed by atoms with van der Waals surface area (Å²) in [5.74, 6) is -0.375. The summed E-state index contributed by atoms with van der Waals surface area (Å²) in [6, 6.07) is 6.65. The number of carbonyl (C=O) groups is 1. The normalized spacial score (nSPS) is 10.7. The molecule has 0 atom stereocenters. The third-order valence-electron chi connectivity index (χ3n) is 2.81. The van der Waals surface area contributed by atoms with Gasteiger partial charge in [-0.25, -0.2) is 4.39 Å². The van der Waals surface area contributed by atoms with E-state index in [2.05, 4.69) is 15.9 Å². The van der Waals surface area contributed by atoms with Gasteiger partial charge >= 0.3 is 0 Å². The van der Waals surface area contributed by atoms with Gasteiger partial charge in [0.15, 0.2) is 5.78 Å². The average Bonchev–Trinajstić information content (AvgIpc) is 2.63. The Bertz CT molecular complexity index is 584. The van der Waals surface area contributed by atoms with Crippen LogP contribution in [0.4, 0.5) is 4.39 Å². The molecule has 0 aliphatic rings. The Labute approximate surface area is 118 Å². The number of ketones is 1. The highest BCUT2D eigenvalue weighted by Crippen LogP contribution is 2.23. The lowest BCUT2D eigenvalue weighted by Gasteiger charge is -2.02. The molecule has 1 nitrogen and oxygen atoms in total. The van der Waals surface area contributed by atoms with E-state index in [-0.39, 0.29) is 18.0 Å². The molecule has 94 valence electrons. The van der Waals surface area contributed by atoms with Crippen molar-refractivity contribution in [3.8, 4) is 0 Å². The summed E-state index contributed by atoms with van der Waals surface area (Å²) in [7, 11) is 0. The largest absolute Gasteiger partial charge is 0.293 e. The summed E-state index contributed by atoms with van der Waals surface area (Å²) in [4.78, 5) is 13.9. The highest BCUT2D eigenvalue weighted by Gasteiger charge is 2.13. The Morgan fingerprint density at radius 1 is 1.33 bits per heavy atom. The zero-order chi connectivity index (χ0) is 13.3. The first kappa shape index (κ1) is 13.4. The van der Waals surface area contributed by atoms with Crippen LogP contribution >= 0.6 is 27.3 Å². The molecular formula is C14H12BrFOS. The van der Waals surface area contributed by atoms with Gasteiger partial charge in [0.05, 0.1) is 4.88 Å². The Hall–Kier alpha value is -1.000. The van der Waals surface area contributed by atoms with Crippen LogP contribution in [0.15, 0.2) is 28.7 Å². The SMILES string of the molecule is Cc1cc(C(=O)Cc2ccc(Br)cc2F)sc1C. The van der Waals surface area contributed by atoms with Gasteiger partial charge in [0.2, 0.25) is 0 Å². The second-order valence-electron chi connectivity index (χ2n) is 4.19. The zero-order valence-corrected chi connectivity index (χ0v) is 12.5. The van der Waals surface area contributed by atoms with Crippen molar-refractivity contribution >= 4 is 33.0 Å². The minimum atomic E-state index is -0.345. The van der Waals surface area contributed by atoms with Crippen LogP contribution in [0.25, 0.3) is 0 Å². The lowest BCUT2D eigenvalue weighted by Crippen LogP contribution is -2.03. The number of rotatable bonds is 3. The first-order valence-corrected chi connectivity index (χ1v) is 7.12. The molecule has 0 N–H and O–H groups in total. The van der Waals surface area contributed by atoms with Crippen molar-refractivity contribution in [2.75, 3.05) is 0 Å². The monoisotopic (exact) mass is 326 g/mol. The molecule has 2 rings (SSSR count). The van der Waals surface area contributed by atoms with Crippen molar-refractivity contribution < 1.29 is 9.18 Å². The molecule has 0 aliphatic carbocycles. The van der Waals surface area contributed by atoms with E-state index < -0.39 is 0 Å². The highest BCUT2D eigenvalue weighted by molar-refractivity contribution is 9.10. The second kappa shape index (κ2) is 5.33. The molecule has 0 aliphatic heterocycles. The maximum Gasteiger partial charge on any atom is 0.177 e. The first-order valence-electron chi connectivity index (χ1n) is 5.51. The number of Topliss-reactive ketones (excluding diaryl/α,β-unsaturated/α-hetero) is 1. The van der Waals surface area contributed by atoms with Crippen LogP contribution in [0.2, 0.25) is 0 Å². The molecule has 1 aromatic heterocycles. The first-order chi connectivity index (χ1) is 8.47. The molecule has 0 radical (unpaired) electrons. The maximum atomic E-state index is 13.6. The predicted octanol–water partition coefficient (Wildman–Crippen LogP) is 4.69. The van der Waals surface area contributed by atoms with Crippen molar-refractivity contribution in [1.82, 2.24) is 0 Å². The van der Waals surface area contributed by atoms with Gasteiger partial charge in [0.1, 0.15) is 5.82 Å². The van der Waals surface area contributed by atoms with E-state index in [1.54, 1.807) is 12.1 Å². The number of hydrogen-bond donors (Lipinski definition) is 0. The van der Waals surface area contributed by atoms with Crippen LogP contribution in [-0.2, 0) is 6.42 Å². The van der Waals surface area contributed by atoms with E-state index in [4.69, 9.17) is 0 Å². The van der Waals surface area contributed by atoms with Crippen molar-refractivity contribution in [2.45, 2.75) is 20.3 Å². The highest BCUT2D eigenvalue weighted by atomic mass is 79.9. The van der Waals surface area contributed by atoms with Crippen LogP contribution in [0.5, 0.6) is 0 Å². The average molecular weight is 327 g/mol. The van der Waals surface area contributed by atoms with E-state index in [0.29, 0.717) is 14.9 Å². The quantitative estimate of drug-likeness (QED) is 0.747. The summed E-state index contributed by atoms with van der Waals surface area (Å²) < 4.78 is 14.3. The van der Waals surface area contributed by atoms with Crippen molar-refractivity contribution in [1.29, 1.82) is 0 Å². The molecule has 1 aromatic carbocycles. The number of hydrogen-bond acceptors (Lipinski definition) is 2. The standard InChI is InChI=1S/C14H12BrFOS/c1-8-5-14(18-9(8)2)13(17)6-10-3-4-11(15)7-12(10)16/h3-5,7H,6H2,1-2H3. The summed E-state index contributed by atoms with van der Waals surface area (Å²) >= 11 is 4.67. The second-order valence-corrected chi connectivity index (χ2v) is 6.36. The third kappa shape index (κ3) is 2.87. The van der Waals surface area contributed by atoms with E-state index in [1.165, 1.54) is 17.4 Å². The topological polar surface area (TPSA) is 17.1 Å². The fourth-order valence-corrected chi connectivity index (χ4v) is 2.94.